The minimum atomic E-state index is -4.10. The average molecular weight is 410 g/mol. The van der Waals surface area contributed by atoms with Gasteiger partial charge in [-0.25, -0.2) is 18.4 Å². The maximum atomic E-state index is 12.7. The minimum absolute atomic E-state index is 0.0696. The van der Waals surface area contributed by atoms with E-state index in [1.54, 1.807) is 6.07 Å². The number of esters is 1. The Morgan fingerprint density at radius 3 is 2.22 bits per heavy atom. The van der Waals surface area contributed by atoms with Crippen molar-refractivity contribution in [3.63, 3.8) is 0 Å². The highest BCUT2D eigenvalue weighted by molar-refractivity contribution is 7.89. The summed E-state index contributed by atoms with van der Waals surface area (Å²) in [4.78, 5) is 24.6. The standard InChI is InChI=1S/C19H20ClNO5S/c1-10-7-12(3)15(8-11(10)2)18(22)13(4)26-19(23)14-5-6-16(20)17(9-14)27(21,24)25/h5-9,13H,1-4H3,(H2,21,24,25)/t13-/m0/s1. The van der Waals surface area contributed by atoms with Gasteiger partial charge in [-0.2, -0.15) is 0 Å². The first kappa shape index (κ1) is 21.1. The number of nitrogens with two attached hydrogens (primary N) is 1. The van der Waals surface area contributed by atoms with Crippen LogP contribution in [0.15, 0.2) is 35.2 Å². The van der Waals surface area contributed by atoms with E-state index in [-0.39, 0.29) is 21.3 Å². The Balaban J connectivity index is 2.26. The topological polar surface area (TPSA) is 104 Å². The van der Waals surface area contributed by atoms with Gasteiger partial charge in [0.05, 0.1) is 10.6 Å². The van der Waals surface area contributed by atoms with Gasteiger partial charge in [0.15, 0.2) is 6.10 Å². The monoisotopic (exact) mass is 409 g/mol. The number of halogens is 1. The molecule has 8 heteroatoms. The number of Topliss-reactive ketones (excluding diaryl/α,β-unsaturated/α-hetero) is 1. The van der Waals surface area contributed by atoms with Crippen LogP contribution in [0.3, 0.4) is 0 Å². The van der Waals surface area contributed by atoms with Gasteiger partial charge in [0, 0.05) is 5.56 Å². The molecule has 2 N–H and O–H groups in total. The van der Waals surface area contributed by atoms with Crippen LogP contribution in [-0.4, -0.2) is 26.3 Å². The molecule has 0 aliphatic heterocycles. The summed E-state index contributed by atoms with van der Waals surface area (Å²) in [5.74, 6) is -1.19. The largest absolute Gasteiger partial charge is 0.451 e. The van der Waals surface area contributed by atoms with Crippen LogP contribution in [0.2, 0.25) is 5.02 Å². The molecule has 1 atom stereocenters. The summed E-state index contributed by atoms with van der Waals surface area (Å²) >= 11 is 5.80. The van der Waals surface area contributed by atoms with E-state index in [1.807, 2.05) is 26.8 Å². The fourth-order valence-electron chi connectivity index (χ4n) is 2.58. The summed E-state index contributed by atoms with van der Waals surface area (Å²) in [5, 5.41) is 4.97. The predicted octanol–water partition coefficient (Wildman–Crippen LogP) is 3.34. The molecular weight excluding hydrogens is 390 g/mol. The van der Waals surface area contributed by atoms with Gasteiger partial charge in [0.1, 0.15) is 4.90 Å². The van der Waals surface area contributed by atoms with E-state index >= 15 is 0 Å². The SMILES string of the molecule is Cc1cc(C)c(C(=O)[C@H](C)OC(=O)c2ccc(Cl)c(S(N)(=O)=O)c2)cc1C. The number of aryl methyl sites for hydroxylation is 3. The van der Waals surface area contributed by atoms with Crippen molar-refractivity contribution < 1.29 is 22.7 Å². The zero-order valence-corrected chi connectivity index (χ0v) is 16.9. The molecule has 0 aliphatic rings. The first-order valence-corrected chi connectivity index (χ1v) is 9.99. The molecule has 27 heavy (non-hydrogen) atoms. The van der Waals surface area contributed by atoms with Gasteiger partial charge in [-0.15, -0.1) is 0 Å². The molecule has 2 aromatic carbocycles. The van der Waals surface area contributed by atoms with Crippen LogP contribution in [0.5, 0.6) is 0 Å². The van der Waals surface area contributed by atoms with Crippen molar-refractivity contribution in [3.05, 3.63) is 63.2 Å². The predicted molar refractivity (Wildman–Crippen MR) is 103 cm³/mol. The molecule has 144 valence electrons. The zero-order chi connectivity index (χ0) is 20.5. The van der Waals surface area contributed by atoms with E-state index < -0.39 is 22.1 Å². The molecule has 0 fully saturated rings. The summed E-state index contributed by atoms with van der Waals surface area (Å²) in [6.45, 7) is 7.12. The van der Waals surface area contributed by atoms with Gasteiger partial charge in [-0.3, -0.25) is 4.79 Å². The molecule has 0 heterocycles. The highest BCUT2D eigenvalue weighted by atomic mass is 35.5. The number of sulfonamides is 1. The second-order valence-corrected chi connectivity index (χ2v) is 8.29. The van der Waals surface area contributed by atoms with Crippen LogP contribution in [0, 0.1) is 20.8 Å². The molecule has 2 aromatic rings. The van der Waals surface area contributed by atoms with Gasteiger partial charge in [0.2, 0.25) is 15.8 Å². The van der Waals surface area contributed by atoms with E-state index in [0.717, 1.165) is 22.8 Å². The smallest absolute Gasteiger partial charge is 0.338 e. The quantitative estimate of drug-likeness (QED) is 0.602. The molecule has 0 unspecified atom stereocenters. The van der Waals surface area contributed by atoms with E-state index in [9.17, 15) is 18.0 Å². The van der Waals surface area contributed by atoms with Crippen molar-refractivity contribution in [2.45, 2.75) is 38.7 Å². The lowest BCUT2D eigenvalue weighted by molar-refractivity contribution is 0.0318. The molecule has 0 radical (unpaired) electrons. The van der Waals surface area contributed by atoms with Crippen molar-refractivity contribution in [2.75, 3.05) is 0 Å². The maximum Gasteiger partial charge on any atom is 0.338 e. The number of hydrogen-bond donors (Lipinski definition) is 1. The molecule has 0 saturated carbocycles. The molecule has 0 amide bonds. The number of primary sulfonamides is 1. The molecule has 0 aromatic heterocycles. The summed E-state index contributed by atoms with van der Waals surface area (Å²) in [6.07, 6.45) is -1.05. The lowest BCUT2D eigenvalue weighted by Crippen LogP contribution is -2.25. The van der Waals surface area contributed by atoms with Crippen molar-refractivity contribution in [1.29, 1.82) is 0 Å². The lowest BCUT2D eigenvalue weighted by Gasteiger charge is -2.15. The van der Waals surface area contributed by atoms with Gasteiger partial charge in [0.25, 0.3) is 0 Å². The first-order chi connectivity index (χ1) is 12.4. The summed E-state index contributed by atoms with van der Waals surface area (Å²) < 4.78 is 28.3. The second-order valence-electron chi connectivity index (χ2n) is 6.35. The Kier molecular flexibility index (Phi) is 6.09. The van der Waals surface area contributed by atoms with Crippen molar-refractivity contribution >= 4 is 33.4 Å². The van der Waals surface area contributed by atoms with E-state index in [2.05, 4.69) is 0 Å². The number of benzene rings is 2. The molecule has 6 nitrogen and oxygen atoms in total. The van der Waals surface area contributed by atoms with Gasteiger partial charge < -0.3 is 4.74 Å². The highest BCUT2D eigenvalue weighted by Crippen LogP contribution is 2.23. The lowest BCUT2D eigenvalue weighted by atomic mass is 9.96. The number of carbonyl (C=O) groups is 2. The normalized spacial score (nSPS) is 12.5. The van der Waals surface area contributed by atoms with Gasteiger partial charge in [-0.1, -0.05) is 17.7 Å². The average Bonchev–Trinajstić information content (AvgIpc) is 2.56. The molecule has 0 bridgehead atoms. The maximum absolute atomic E-state index is 12.7. The van der Waals surface area contributed by atoms with E-state index in [0.29, 0.717) is 5.56 Å². The third-order valence-electron chi connectivity index (χ3n) is 4.23. The van der Waals surface area contributed by atoms with Crippen molar-refractivity contribution in [3.8, 4) is 0 Å². The van der Waals surface area contributed by atoms with Crippen LogP contribution in [-0.2, 0) is 14.8 Å². The minimum Gasteiger partial charge on any atom is -0.451 e. The first-order valence-electron chi connectivity index (χ1n) is 8.07. The van der Waals surface area contributed by atoms with Crippen molar-refractivity contribution in [2.24, 2.45) is 5.14 Å². The summed E-state index contributed by atoms with van der Waals surface area (Å²) in [5.41, 5.74) is 3.21. The fraction of sp³-hybridized carbons (Fsp3) is 0.263. The Morgan fingerprint density at radius 2 is 1.63 bits per heavy atom. The Hall–Kier alpha value is -2.22. The summed E-state index contributed by atoms with van der Waals surface area (Å²) in [6, 6.07) is 7.22. The Morgan fingerprint density at radius 1 is 1.04 bits per heavy atom. The molecule has 0 saturated heterocycles. The third-order valence-corrected chi connectivity index (χ3v) is 5.63. The van der Waals surface area contributed by atoms with E-state index in [1.165, 1.54) is 19.1 Å². The molecular formula is C19H20ClNO5S. The van der Waals surface area contributed by atoms with Crippen LogP contribution < -0.4 is 5.14 Å². The highest BCUT2D eigenvalue weighted by Gasteiger charge is 2.24. The van der Waals surface area contributed by atoms with Crippen LogP contribution in [0.4, 0.5) is 0 Å². The summed E-state index contributed by atoms with van der Waals surface area (Å²) in [7, 11) is -4.10. The number of carbonyl (C=O) groups excluding carboxylic acids is 2. The molecule has 0 spiro atoms. The van der Waals surface area contributed by atoms with Crippen molar-refractivity contribution in [1.82, 2.24) is 0 Å². The zero-order valence-electron chi connectivity index (χ0n) is 15.4. The Labute approximate surface area is 163 Å². The number of ketones is 1. The second kappa shape index (κ2) is 7.80. The number of rotatable bonds is 5. The van der Waals surface area contributed by atoms with Crippen LogP contribution in [0.1, 0.15) is 44.3 Å². The fourth-order valence-corrected chi connectivity index (χ4v) is 3.65. The van der Waals surface area contributed by atoms with E-state index in [4.69, 9.17) is 21.5 Å². The number of ether oxygens (including phenoxy) is 1. The van der Waals surface area contributed by atoms with Crippen LogP contribution in [0.25, 0.3) is 0 Å². The Bertz CT molecular complexity index is 1030. The third kappa shape index (κ3) is 4.74. The van der Waals surface area contributed by atoms with Gasteiger partial charge >= 0.3 is 5.97 Å². The molecule has 2 rings (SSSR count). The van der Waals surface area contributed by atoms with Crippen LogP contribution >= 0.6 is 11.6 Å². The number of hydrogen-bond acceptors (Lipinski definition) is 5. The van der Waals surface area contributed by atoms with Gasteiger partial charge in [-0.05, 0) is 68.7 Å². The molecule has 0 aliphatic carbocycles.